The van der Waals surface area contributed by atoms with Crippen LogP contribution in [0.15, 0.2) is 42.5 Å². The fourth-order valence-corrected chi connectivity index (χ4v) is 4.80. The number of aromatic nitrogens is 1. The Morgan fingerprint density at radius 3 is 2.52 bits per heavy atom. The van der Waals surface area contributed by atoms with Gasteiger partial charge in [-0.05, 0) is 55.2 Å². The largest absolute Gasteiger partial charge is 0.300 e. The van der Waals surface area contributed by atoms with E-state index in [-0.39, 0.29) is 0 Å². The van der Waals surface area contributed by atoms with Crippen LogP contribution in [-0.2, 0) is 4.79 Å². The van der Waals surface area contributed by atoms with Crippen molar-refractivity contribution in [2.24, 2.45) is 0 Å². The van der Waals surface area contributed by atoms with E-state index in [4.69, 9.17) is 0 Å². The molecule has 1 aliphatic heterocycles. The Labute approximate surface area is 176 Å². The second-order valence-corrected chi connectivity index (χ2v) is 8.82. The Morgan fingerprint density at radius 1 is 1.17 bits per heavy atom. The van der Waals surface area contributed by atoms with Crippen molar-refractivity contribution in [3.8, 4) is 0 Å². The van der Waals surface area contributed by atoms with E-state index >= 15 is 0 Å². The van der Waals surface area contributed by atoms with Gasteiger partial charge >= 0.3 is 0 Å². The molecule has 1 atom stereocenters. The number of anilines is 1. The van der Waals surface area contributed by atoms with Crippen molar-refractivity contribution in [3.05, 3.63) is 59.2 Å². The molecule has 1 aromatic heterocycles. The van der Waals surface area contributed by atoms with Crippen LogP contribution in [0.2, 0.25) is 0 Å². The highest BCUT2D eigenvalue weighted by molar-refractivity contribution is 7.98. The van der Waals surface area contributed by atoms with Gasteiger partial charge in [-0.1, -0.05) is 29.5 Å². The van der Waals surface area contributed by atoms with E-state index < -0.39 is 23.8 Å². The maximum Gasteiger partial charge on any atom is 0.262 e. The van der Waals surface area contributed by atoms with Gasteiger partial charge < -0.3 is 5.32 Å². The number of rotatable bonds is 6. The van der Waals surface area contributed by atoms with Crippen molar-refractivity contribution in [3.63, 3.8) is 0 Å². The van der Waals surface area contributed by atoms with Crippen LogP contribution in [0.25, 0.3) is 10.2 Å². The number of fused-ring (bicyclic) bond motifs is 2. The quantitative estimate of drug-likeness (QED) is 0.605. The van der Waals surface area contributed by atoms with E-state index in [0.29, 0.717) is 28.4 Å². The number of amides is 3. The van der Waals surface area contributed by atoms with Gasteiger partial charge in [0.2, 0.25) is 5.91 Å². The molecule has 0 radical (unpaired) electrons. The smallest absolute Gasteiger partial charge is 0.262 e. The summed E-state index contributed by atoms with van der Waals surface area (Å²) in [7, 11) is 0. The Hall–Kier alpha value is -2.71. The van der Waals surface area contributed by atoms with Crippen LogP contribution in [0.4, 0.5) is 5.13 Å². The number of hydrogen-bond donors (Lipinski definition) is 1. The zero-order valence-electron chi connectivity index (χ0n) is 16.0. The molecule has 29 heavy (non-hydrogen) atoms. The average Bonchev–Trinajstić information content (AvgIpc) is 3.21. The van der Waals surface area contributed by atoms with E-state index in [9.17, 15) is 14.4 Å². The SMILES string of the molecule is CSCC[C@@H](C(=O)Nc1nc2ccc(C)cc2s1)N1C(=O)c2ccccc2C1=O. The fraction of sp³-hybridized carbons (Fsp3) is 0.238. The number of aryl methyl sites for hydroxylation is 1. The van der Waals surface area contributed by atoms with Gasteiger partial charge in [0.05, 0.1) is 21.3 Å². The predicted molar refractivity (Wildman–Crippen MR) is 117 cm³/mol. The topological polar surface area (TPSA) is 79.4 Å². The third-order valence-corrected chi connectivity index (χ3v) is 6.39. The van der Waals surface area contributed by atoms with Crippen LogP contribution in [0.5, 0.6) is 0 Å². The number of carbonyl (C=O) groups excluding carboxylic acids is 3. The van der Waals surface area contributed by atoms with Gasteiger partial charge in [0.1, 0.15) is 6.04 Å². The molecule has 2 aromatic carbocycles. The lowest BCUT2D eigenvalue weighted by Crippen LogP contribution is -2.47. The van der Waals surface area contributed by atoms with Crippen LogP contribution in [0.3, 0.4) is 0 Å². The number of thioether (sulfide) groups is 1. The van der Waals surface area contributed by atoms with Crippen LogP contribution in [-0.4, -0.2) is 45.7 Å². The minimum Gasteiger partial charge on any atom is -0.300 e. The summed E-state index contributed by atoms with van der Waals surface area (Å²) < 4.78 is 0.974. The van der Waals surface area contributed by atoms with E-state index in [1.165, 1.54) is 11.3 Å². The molecule has 1 N–H and O–H groups in total. The zero-order chi connectivity index (χ0) is 20.5. The molecule has 6 nitrogen and oxygen atoms in total. The van der Waals surface area contributed by atoms with Gasteiger partial charge in [0.25, 0.3) is 11.8 Å². The summed E-state index contributed by atoms with van der Waals surface area (Å²) in [5, 5.41) is 3.28. The molecule has 8 heteroatoms. The van der Waals surface area contributed by atoms with Gasteiger partial charge in [-0.2, -0.15) is 11.8 Å². The molecule has 0 aliphatic carbocycles. The maximum atomic E-state index is 13.1. The molecule has 1 aliphatic rings. The van der Waals surface area contributed by atoms with Crippen molar-refractivity contribution in [1.29, 1.82) is 0 Å². The average molecular weight is 426 g/mol. The lowest BCUT2D eigenvalue weighted by molar-refractivity contribution is -0.120. The number of nitrogens with one attached hydrogen (secondary N) is 1. The summed E-state index contributed by atoms with van der Waals surface area (Å²) in [5.41, 5.74) is 2.60. The van der Waals surface area contributed by atoms with Gasteiger partial charge in [0, 0.05) is 0 Å². The minimum atomic E-state index is -0.886. The first-order valence-electron chi connectivity index (χ1n) is 9.13. The molecule has 2 heterocycles. The second kappa shape index (κ2) is 7.96. The van der Waals surface area contributed by atoms with Crippen molar-refractivity contribution in [2.75, 3.05) is 17.3 Å². The highest BCUT2D eigenvalue weighted by atomic mass is 32.2. The molecule has 0 fully saturated rings. The van der Waals surface area contributed by atoms with E-state index in [1.54, 1.807) is 36.0 Å². The molecule has 0 spiro atoms. The molecule has 0 saturated carbocycles. The predicted octanol–water partition coefficient (Wildman–Crippen LogP) is 3.96. The van der Waals surface area contributed by atoms with Gasteiger partial charge in [-0.25, -0.2) is 4.98 Å². The maximum absolute atomic E-state index is 13.1. The Kier molecular flexibility index (Phi) is 5.38. The standard InChI is InChI=1S/C21H19N3O3S2/c1-12-7-8-15-17(11-12)29-21(22-15)23-18(25)16(9-10-28-2)24-19(26)13-5-3-4-6-14(13)20(24)27/h3-8,11,16H,9-10H2,1-2H3,(H,22,23,25)/t16-/m0/s1. The van der Waals surface area contributed by atoms with Crippen molar-refractivity contribution >= 4 is 56.2 Å². The lowest BCUT2D eigenvalue weighted by Gasteiger charge is -2.24. The number of benzene rings is 2. The van der Waals surface area contributed by atoms with E-state index in [0.717, 1.165) is 20.7 Å². The summed E-state index contributed by atoms with van der Waals surface area (Å²) in [6, 6.07) is 11.7. The number of thiazole rings is 1. The zero-order valence-corrected chi connectivity index (χ0v) is 17.6. The number of nitrogens with zero attached hydrogens (tertiary/aromatic N) is 2. The Balaban J connectivity index is 1.61. The van der Waals surface area contributed by atoms with Gasteiger partial charge in [-0.3, -0.25) is 19.3 Å². The molecule has 3 amide bonds. The summed E-state index contributed by atoms with van der Waals surface area (Å²) in [6.07, 6.45) is 2.30. The molecule has 3 aromatic rings. The van der Waals surface area contributed by atoms with Gasteiger partial charge in [-0.15, -0.1) is 0 Å². The Bertz CT molecular complexity index is 1090. The van der Waals surface area contributed by atoms with Gasteiger partial charge in [0.15, 0.2) is 5.13 Å². The van der Waals surface area contributed by atoms with Crippen molar-refractivity contribution in [1.82, 2.24) is 9.88 Å². The van der Waals surface area contributed by atoms with Crippen LogP contribution >= 0.6 is 23.1 Å². The first-order valence-corrected chi connectivity index (χ1v) is 11.3. The number of hydrogen-bond acceptors (Lipinski definition) is 6. The van der Waals surface area contributed by atoms with Crippen LogP contribution in [0.1, 0.15) is 32.7 Å². The normalized spacial score (nSPS) is 14.3. The van der Waals surface area contributed by atoms with E-state index in [2.05, 4.69) is 10.3 Å². The summed E-state index contributed by atoms with van der Waals surface area (Å²) in [5.74, 6) is -0.604. The minimum absolute atomic E-state index is 0.343. The number of carbonyl (C=O) groups is 3. The Morgan fingerprint density at radius 2 is 1.86 bits per heavy atom. The molecule has 4 rings (SSSR count). The first-order chi connectivity index (χ1) is 14.0. The monoisotopic (exact) mass is 425 g/mol. The second-order valence-electron chi connectivity index (χ2n) is 6.80. The summed E-state index contributed by atoms with van der Waals surface area (Å²) in [6.45, 7) is 2.00. The number of imide groups is 1. The first kappa shape index (κ1) is 19.6. The summed E-state index contributed by atoms with van der Waals surface area (Å²) >= 11 is 2.94. The summed E-state index contributed by atoms with van der Waals surface area (Å²) in [4.78, 5) is 44.3. The molecular formula is C21H19N3O3S2. The third-order valence-electron chi connectivity index (χ3n) is 4.81. The fourth-order valence-electron chi connectivity index (χ4n) is 3.37. The highest BCUT2D eigenvalue weighted by Crippen LogP contribution is 2.29. The van der Waals surface area contributed by atoms with E-state index in [1.807, 2.05) is 31.4 Å². The molecular weight excluding hydrogens is 406 g/mol. The van der Waals surface area contributed by atoms with Crippen LogP contribution in [0, 0.1) is 6.92 Å². The molecule has 0 unspecified atom stereocenters. The third kappa shape index (κ3) is 3.65. The highest BCUT2D eigenvalue weighted by Gasteiger charge is 2.42. The van der Waals surface area contributed by atoms with Crippen molar-refractivity contribution < 1.29 is 14.4 Å². The molecule has 148 valence electrons. The molecule has 0 bridgehead atoms. The molecule has 0 saturated heterocycles. The lowest BCUT2D eigenvalue weighted by atomic mass is 10.1. The van der Waals surface area contributed by atoms with Crippen LogP contribution < -0.4 is 5.32 Å². The van der Waals surface area contributed by atoms with Crippen molar-refractivity contribution in [2.45, 2.75) is 19.4 Å².